The molecule has 2 aliphatic heterocycles. The molecule has 5 rings (SSSR count). The molecule has 2 aromatic carbocycles. The van der Waals surface area contributed by atoms with Crippen LogP contribution in [0.3, 0.4) is 0 Å². The number of pyridine rings is 1. The number of nitrogens with zero attached hydrogens (tertiary/aromatic N) is 1. The van der Waals surface area contributed by atoms with Crippen LogP contribution in [0.4, 0.5) is 0 Å². The maximum absolute atomic E-state index is 12.9. The smallest absolute Gasteiger partial charge is 0.253 e. The Labute approximate surface area is 202 Å². The molecule has 178 valence electrons. The van der Waals surface area contributed by atoms with E-state index in [9.17, 15) is 4.79 Å². The molecule has 1 saturated heterocycles. The summed E-state index contributed by atoms with van der Waals surface area (Å²) in [6.45, 7) is 2.52. The largest absolute Gasteiger partial charge is 0.497 e. The van der Waals surface area contributed by atoms with Crippen LogP contribution in [-0.4, -0.2) is 48.2 Å². The first-order valence-electron chi connectivity index (χ1n) is 11.3. The fourth-order valence-corrected chi connectivity index (χ4v) is 4.45. The van der Waals surface area contributed by atoms with E-state index < -0.39 is 0 Å². The summed E-state index contributed by atoms with van der Waals surface area (Å²) in [5.41, 5.74) is 2.22. The van der Waals surface area contributed by atoms with Gasteiger partial charge in [0, 0.05) is 36.7 Å². The van der Waals surface area contributed by atoms with Gasteiger partial charge in [0.2, 0.25) is 6.79 Å². The minimum atomic E-state index is -0.159. The second-order valence-corrected chi connectivity index (χ2v) is 8.83. The molecule has 8 nitrogen and oxygen atoms in total. The fraction of sp³-hybridized carbons (Fsp3) is 0.360. The average Bonchev–Trinajstić information content (AvgIpc) is 3.53. The number of rotatable bonds is 7. The van der Waals surface area contributed by atoms with E-state index in [0.717, 1.165) is 36.1 Å². The highest BCUT2D eigenvalue weighted by molar-refractivity contribution is 7.80. The molecule has 0 spiro atoms. The second kappa shape index (κ2) is 9.90. The number of fused-ring (bicyclic) bond motifs is 2. The van der Waals surface area contributed by atoms with E-state index in [-0.39, 0.29) is 18.5 Å². The van der Waals surface area contributed by atoms with Gasteiger partial charge in [-0.2, -0.15) is 0 Å². The van der Waals surface area contributed by atoms with E-state index in [1.165, 1.54) is 0 Å². The number of hydrogen-bond donors (Lipinski definition) is 2. The van der Waals surface area contributed by atoms with E-state index in [2.05, 4.69) is 10.3 Å². The third-order valence-corrected chi connectivity index (χ3v) is 6.50. The normalized spacial score (nSPS) is 16.6. The van der Waals surface area contributed by atoms with E-state index in [1.54, 1.807) is 13.2 Å². The number of benzene rings is 2. The van der Waals surface area contributed by atoms with Crippen molar-refractivity contribution in [2.24, 2.45) is 0 Å². The summed E-state index contributed by atoms with van der Waals surface area (Å²) in [6, 6.07) is 13.4. The summed E-state index contributed by atoms with van der Waals surface area (Å²) in [4.78, 5) is 17.9. The third-order valence-electron chi connectivity index (χ3n) is 6.10. The van der Waals surface area contributed by atoms with Crippen LogP contribution < -0.4 is 25.1 Å². The lowest BCUT2D eigenvalue weighted by Gasteiger charge is -2.27. The third kappa shape index (κ3) is 4.95. The van der Waals surface area contributed by atoms with Gasteiger partial charge in [-0.3, -0.25) is 4.79 Å². The van der Waals surface area contributed by atoms with Crippen LogP contribution in [0.15, 0.2) is 47.3 Å². The molecule has 0 radical (unpaired) electrons. The topological polar surface area (TPSA) is 85.1 Å². The van der Waals surface area contributed by atoms with Gasteiger partial charge in [-0.15, -0.1) is 0 Å². The van der Waals surface area contributed by atoms with Crippen molar-refractivity contribution in [3.63, 3.8) is 0 Å². The number of hydrogen-bond acceptors (Lipinski definition) is 6. The van der Waals surface area contributed by atoms with Crippen molar-refractivity contribution < 1.29 is 18.9 Å². The predicted molar refractivity (Wildman–Crippen MR) is 133 cm³/mol. The number of thiocarbonyl (C=S) groups is 1. The lowest BCUT2D eigenvalue weighted by molar-refractivity contribution is 0.113. The number of ether oxygens (including phenoxy) is 4. The Bertz CT molecular complexity index is 1240. The Morgan fingerprint density at radius 2 is 1.97 bits per heavy atom. The van der Waals surface area contributed by atoms with Gasteiger partial charge in [-0.1, -0.05) is 12.1 Å². The highest BCUT2D eigenvalue weighted by Crippen LogP contribution is 2.35. The summed E-state index contributed by atoms with van der Waals surface area (Å²) >= 11 is 5.75. The van der Waals surface area contributed by atoms with Gasteiger partial charge in [0.25, 0.3) is 5.56 Å². The fourth-order valence-electron chi connectivity index (χ4n) is 4.23. The molecule has 0 aliphatic carbocycles. The van der Waals surface area contributed by atoms with Gasteiger partial charge in [0.05, 0.1) is 25.3 Å². The van der Waals surface area contributed by atoms with Gasteiger partial charge in [-0.25, -0.2) is 0 Å². The first kappa shape index (κ1) is 22.5. The molecule has 3 heterocycles. The molecule has 1 atom stereocenters. The SMILES string of the molecule is COc1ccc(CN(Cc2cc3cc4c(cc3[nH]c2=O)OCO4)C(=S)NC[C@@H]2CCCO2)cc1. The Balaban J connectivity index is 1.39. The lowest BCUT2D eigenvalue weighted by atomic mass is 10.1. The average molecular weight is 482 g/mol. The van der Waals surface area contributed by atoms with Gasteiger partial charge in [-0.05, 0) is 54.9 Å². The summed E-state index contributed by atoms with van der Waals surface area (Å²) in [5.74, 6) is 2.10. The van der Waals surface area contributed by atoms with Crippen LogP contribution in [0.2, 0.25) is 0 Å². The second-order valence-electron chi connectivity index (χ2n) is 8.44. The van der Waals surface area contributed by atoms with E-state index in [1.807, 2.05) is 41.3 Å². The van der Waals surface area contributed by atoms with Crippen molar-refractivity contribution in [1.29, 1.82) is 0 Å². The number of nitrogens with one attached hydrogen (secondary N) is 2. The number of aromatic amines is 1. The molecule has 2 N–H and O–H groups in total. The monoisotopic (exact) mass is 481 g/mol. The molecule has 2 aliphatic rings. The molecule has 0 amide bonds. The first-order valence-corrected chi connectivity index (χ1v) is 11.7. The van der Waals surface area contributed by atoms with Crippen LogP contribution in [0.1, 0.15) is 24.0 Å². The van der Waals surface area contributed by atoms with Gasteiger partial charge >= 0.3 is 0 Å². The molecule has 1 fully saturated rings. The Hall–Kier alpha value is -3.30. The summed E-state index contributed by atoms with van der Waals surface area (Å²) in [5, 5.41) is 4.79. The highest BCUT2D eigenvalue weighted by atomic mass is 32.1. The van der Waals surface area contributed by atoms with E-state index in [4.69, 9.17) is 31.2 Å². The van der Waals surface area contributed by atoms with Crippen molar-refractivity contribution in [1.82, 2.24) is 15.2 Å². The predicted octanol–water partition coefficient (Wildman–Crippen LogP) is 3.32. The van der Waals surface area contributed by atoms with Crippen molar-refractivity contribution in [2.75, 3.05) is 27.1 Å². The molecule has 0 unspecified atom stereocenters. The van der Waals surface area contributed by atoms with Gasteiger partial charge in [0.15, 0.2) is 16.6 Å². The maximum Gasteiger partial charge on any atom is 0.253 e. The van der Waals surface area contributed by atoms with Crippen LogP contribution in [0.25, 0.3) is 10.9 Å². The zero-order valence-corrected chi connectivity index (χ0v) is 19.8. The highest BCUT2D eigenvalue weighted by Gasteiger charge is 2.20. The summed E-state index contributed by atoms with van der Waals surface area (Å²) in [7, 11) is 1.64. The standard InChI is InChI=1S/C25H27N3O5S/c1-30-19-6-4-16(5-7-19)13-28(25(34)26-12-20-3-2-8-31-20)14-18-9-17-10-22-23(33-15-32-22)11-21(17)27-24(18)29/h4-7,9-11,20H,2-3,8,12-15H2,1H3,(H,26,34)(H,27,29)/t20-/m0/s1. The summed E-state index contributed by atoms with van der Waals surface area (Å²) < 4.78 is 21.9. The van der Waals surface area contributed by atoms with Crippen molar-refractivity contribution in [3.05, 3.63) is 63.9 Å². The molecule has 1 aromatic heterocycles. The summed E-state index contributed by atoms with van der Waals surface area (Å²) in [6.07, 6.45) is 2.25. The van der Waals surface area contributed by atoms with E-state index in [0.29, 0.717) is 47.3 Å². The van der Waals surface area contributed by atoms with Gasteiger partial charge in [0.1, 0.15) is 5.75 Å². The molecule has 9 heteroatoms. The van der Waals surface area contributed by atoms with Crippen molar-refractivity contribution in [2.45, 2.75) is 32.0 Å². The molecule has 0 saturated carbocycles. The van der Waals surface area contributed by atoms with Crippen LogP contribution in [0, 0.1) is 0 Å². The Morgan fingerprint density at radius 1 is 1.18 bits per heavy atom. The number of methoxy groups -OCH3 is 1. The quantitative estimate of drug-likeness (QED) is 0.497. The lowest BCUT2D eigenvalue weighted by Crippen LogP contribution is -2.42. The molecular weight excluding hydrogens is 454 g/mol. The zero-order valence-electron chi connectivity index (χ0n) is 19.0. The minimum Gasteiger partial charge on any atom is -0.497 e. The Kier molecular flexibility index (Phi) is 6.55. The van der Waals surface area contributed by atoms with Crippen LogP contribution in [0.5, 0.6) is 17.2 Å². The molecule has 34 heavy (non-hydrogen) atoms. The zero-order chi connectivity index (χ0) is 23.5. The van der Waals surface area contributed by atoms with Crippen LogP contribution >= 0.6 is 12.2 Å². The number of H-pyrrole nitrogens is 1. The number of aromatic nitrogens is 1. The first-order chi connectivity index (χ1) is 16.6. The van der Waals surface area contributed by atoms with E-state index >= 15 is 0 Å². The maximum atomic E-state index is 12.9. The van der Waals surface area contributed by atoms with Crippen molar-refractivity contribution in [3.8, 4) is 17.2 Å². The van der Waals surface area contributed by atoms with Crippen LogP contribution in [-0.2, 0) is 17.8 Å². The molecule has 3 aromatic rings. The Morgan fingerprint density at radius 3 is 2.71 bits per heavy atom. The minimum absolute atomic E-state index is 0.159. The van der Waals surface area contributed by atoms with Crippen molar-refractivity contribution >= 4 is 28.2 Å². The molecule has 0 bridgehead atoms. The molecular formula is C25H27N3O5S. The van der Waals surface area contributed by atoms with Gasteiger partial charge < -0.3 is 34.1 Å².